The number of amides is 1. The average molecular weight is 227 g/mol. The monoisotopic (exact) mass is 227 g/mol. The van der Waals surface area contributed by atoms with Gasteiger partial charge < -0.3 is 10.1 Å². The third-order valence-corrected chi connectivity index (χ3v) is 2.83. The summed E-state index contributed by atoms with van der Waals surface area (Å²) in [5.74, 6) is -0.113. The molecule has 1 aliphatic rings. The van der Waals surface area contributed by atoms with Crippen LogP contribution in [0, 0.1) is 11.3 Å². The van der Waals surface area contributed by atoms with Gasteiger partial charge in [-0.1, -0.05) is 20.8 Å². The van der Waals surface area contributed by atoms with Crippen molar-refractivity contribution in [3.8, 4) is 0 Å². The Kier molecular flexibility index (Phi) is 4.08. The van der Waals surface area contributed by atoms with E-state index in [0.717, 1.165) is 6.42 Å². The first-order valence-corrected chi connectivity index (χ1v) is 5.73. The first-order valence-electron chi connectivity index (χ1n) is 5.73. The largest absolute Gasteiger partial charge is 0.378 e. The molecule has 0 aliphatic carbocycles. The number of hydrogen-bond donors (Lipinski definition) is 1. The van der Waals surface area contributed by atoms with Crippen LogP contribution in [0.4, 0.5) is 0 Å². The van der Waals surface area contributed by atoms with E-state index >= 15 is 0 Å². The standard InChI is InChI=1S/C12H21NO3/c1-8-5-9(7-16-8)11(15)13-6-10(14)12(2,3)4/h8-9H,5-7H2,1-4H3,(H,13,15). The van der Waals surface area contributed by atoms with Crippen LogP contribution >= 0.6 is 0 Å². The zero-order valence-electron chi connectivity index (χ0n) is 10.5. The van der Waals surface area contributed by atoms with Crippen LogP contribution in [0.5, 0.6) is 0 Å². The minimum atomic E-state index is -0.396. The maximum atomic E-state index is 11.7. The quantitative estimate of drug-likeness (QED) is 0.786. The summed E-state index contributed by atoms with van der Waals surface area (Å²) in [5.41, 5.74) is -0.396. The predicted molar refractivity (Wildman–Crippen MR) is 61.0 cm³/mol. The van der Waals surface area contributed by atoms with Crippen LogP contribution in [0.15, 0.2) is 0 Å². The van der Waals surface area contributed by atoms with Crippen molar-refractivity contribution in [3.63, 3.8) is 0 Å². The van der Waals surface area contributed by atoms with E-state index in [9.17, 15) is 9.59 Å². The van der Waals surface area contributed by atoms with Crippen molar-refractivity contribution in [2.24, 2.45) is 11.3 Å². The summed E-state index contributed by atoms with van der Waals surface area (Å²) in [6.45, 7) is 8.09. The molecule has 1 N–H and O–H groups in total. The number of ketones is 1. The molecule has 0 aromatic heterocycles. The van der Waals surface area contributed by atoms with Gasteiger partial charge in [0, 0.05) is 5.41 Å². The van der Waals surface area contributed by atoms with E-state index in [2.05, 4.69) is 5.32 Å². The molecular formula is C12H21NO3. The Balaban J connectivity index is 2.33. The lowest BCUT2D eigenvalue weighted by Gasteiger charge is -2.17. The lowest BCUT2D eigenvalue weighted by Crippen LogP contribution is -2.38. The Bertz CT molecular complexity index is 280. The highest BCUT2D eigenvalue weighted by molar-refractivity contribution is 5.90. The predicted octanol–water partition coefficient (Wildman–Crippen LogP) is 1.14. The summed E-state index contributed by atoms with van der Waals surface area (Å²) in [5, 5.41) is 2.68. The van der Waals surface area contributed by atoms with Gasteiger partial charge in [0.25, 0.3) is 0 Å². The van der Waals surface area contributed by atoms with Gasteiger partial charge in [-0.3, -0.25) is 9.59 Å². The Morgan fingerprint density at radius 2 is 2.00 bits per heavy atom. The van der Waals surface area contributed by atoms with E-state index in [1.807, 2.05) is 27.7 Å². The summed E-state index contributed by atoms with van der Waals surface area (Å²) in [6, 6.07) is 0. The number of Topliss-reactive ketones (excluding diaryl/α,β-unsaturated/α-hetero) is 1. The van der Waals surface area contributed by atoms with Gasteiger partial charge in [0.2, 0.25) is 5.91 Å². The molecule has 16 heavy (non-hydrogen) atoms. The molecule has 0 bridgehead atoms. The summed E-state index contributed by atoms with van der Waals surface area (Å²) in [6.07, 6.45) is 0.893. The number of ether oxygens (including phenoxy) is 1. The van der Waals surface area contributed by atoms with Gasteiger partial charge in [0.1, 0.15) is 0 Å². The van der Waals surface area contributed by atoms with E-state index < -0.39 is 5.41 Å². The van der Waals surface area contributed by atoms with Gasteiger partial charge in [0.05, 0.1) is 25.2 Å². The molecule has 1 rings (SSSR count). The van der Waals surface area contributed by atoms with Crippen molar-refractivity contribution in [3.05, 3.63) is 0 Å². The molecule has 0 aromatic rings. The minimum absolute atomic E-state index is 0.0489. The Morgan fingerprint density at radius 3 is 2.44 bits per heavy atom. The van der Waals surface area contributed by atoms with Gasteiger partial charge in [-0.15, -0.1) is 0 Å². The molecule has 2 unspecified atom stereocenters. The molecule has 1 aliphatic heterocycles. The van der Waals surface area contributed by atoms with Crippen molar-refractivity contribution in [1.82, 2.24) is 5.32 Å². The van der Waals surface area contributed by atoms with Crippen LogP contribution in [0.3, 0.4) is 0 Å². The van der Waals surface area contributed by atoms with E-state index in [0.29, 0.717) is 6.61 Å². The number of hydrogen-bond acceptors (Lipinski definition) is 3. The molecule has 4 nitrogen and oxygen atoms in total. The number of rotatable bonds is 3. The molecule has 92 valence electrons. The molecule has 0 saturated carbocycles. The highest BCUT2D eigenvalue weighted by atomic mass is 16.5. The first kappa shape index (κ1) is 13.2. The van der Waals surface area contributed by atoms with Gasteiger partial charge in [-0.05, 0) is 13.3 Å². The van der Waals surface area contributed by atoms with E-state index in [-0.39, 0.29) is 30.3 Å². The van der Waals surface area contributed by atoms with Crippen molar-refractivity contribution < 1.29 is 14.3 Å². The van der Waals surface area contributed by atoms with Crippen molar-refractivity contribution in [2.45, 2.75) is 40.2 Å². The molecule has 0 radical (unpaired) electrons. The normalized spacial score (nSPS) is 25.5. The fraction of sp³-hybridized carbons (Fsp3) is 0.833. The second kappa shape index (κ2) is 4.95. The van der Waals surface area contributed by atoms with Crippen LogP contribution in [0.25, 0.3) is 0 Å². The smallest absolute Gasteiger partial charge is 0.225 e. The SMILES string of the molecule is CC1CC(C(=O)NCC(=O)C(C)(C)C)CO1. The van der Waals surface area contributed by atoms with Gasteiger partial charge >= 0.3 is 0 Å². The summed E-state index contributed by atoms with van der Waals surface area (Å²) < 4.78 is 5.31. The molecule has 2 atom stereocenters. The maximum absolute atomic E-state index is 11.7. The Labute approximate surface area is 96.7 Å². The van der Waals surface area contributed by atoms with Gasteiger partial charge in [0.15, 0.2) is 5.78 Å². The zero-order valence-corrected chi connectivity index (χ0v) is 10.5. The fourth-order valence-corrected chi connectivity index (χ4v) is 1.58. The van der Waals surface area contributed by atoms with Crippen LogP contribution in [-0.4, -0.2) is 30.9 Å². The van der Waals surface area contributed by atoms with E-state index in [4.69, 9.17) is 4.74 Å². The topological polar surface area (TPSA) is 55.4 Å². The first-order chi connectivity index (χ1) is 7.30. The van der Waals surface area contributed by atoms with Crippen LogP contribution in [0.1, 0.15) is 34.1 Å². The van der Waals surface area contributed by atoms with Crippen LogP contribution < -0.4 is 5.32 Å². The van der Waals surface area contributed by atoms with Crippen molar-refractivity contribution in [1.29, 1.82) is 0 Å². The van der Waals surface area contributed by atoms with Crippen molar-refractivity contribution in [2.75, 3.05) is 13.2 Å². The highest BCUT2D eigenvalue weighted by Crippen LogP contribution is 2.19. The summed E-state index contributed by atoms with van der Waals surface area (Å²) in [7, 11) is 0. The Morgan fingerprint density at radius 1 is 1.38 bits per heavy atom. The average Bonchev–Trinajstić information content (AvgIpc) is 2.59. The molecule has 1 fully saturated rings. The lowest BCUT2D eigenvalue weighted by molar-refractivity contribution is -0.130. The van der Waals surface area contributed by atoms with E-state index in [1.54, 1.807) is 0 Å². The van der Waals surface area contributed by atoms with Gasteiger partial charge in [-0.2, -0.15) is 0 Å². The second-order valence-corrected chi connectivity index (χ2v) is 5.47. The number of carbonyl (C=O) groups is 2. The molecule has 1 amide bonds. The third kappa shape index (κ3) is 3.59. The lowest BCUT2D eigenvalue weighted by atomic mass is 9.91. The molecule has 1 heterocycles. The van der Waals surface area contributed by atoms with Crippen LogP contribution in [-0.2, 0) is 14.3 Å². The number of carbonyl (C=O) groups excluding carboxylic acids is 2. The van der Waals surface area contributed by atoms with Crippen molar-refractivity contribution >= 4 is 11.7 Å². The van der Waals surface area contributed by atoms with Crippen LogP contribution in [0.2, 0.25) is 0 Å². The minimum Gasteiger partial charge on any atom is -0.378 e. The molecule has 0 spiro atoms. The maximum Gasteiger partial charge on any atom is 0.225 e. The third-order valence-electron chi connectivity index (χ3n) is 2.83. The molecule has 1 saturated heterocycles. The highest BCUT2D eigenvalue weighted by Gasteiger charge is 2.29. The second-order valence-electron chi connectivity index (χ2n) is 5.47. The Hall–Kier alpha value is -0.900. The summed E-state index contributed by atoms with van der Waals surface area (Å²) >= 11 is 0. The molecular weight excluding hydrogens is 206 g/mol. The fourth-order valence-electron chi connectivity index (χ4n) is 1.58. The molecule has 0 aromatic carbocycles. The van der Waals surface area contributed by atoms with E-state index in [1.165, 1.54) is 0 Å². The zero-order chi connectivity index (χ0) is 12.3. The summed E-state index contributed by atoms with van der Waals surface area (Å²) in [4.78, 5) is 23.3. The molecule has 4 heteroatoms. The van der Waals surface area contributed by atoms with Gasteiger partial charge in [-0.25, -0.2) is 0 Å². The number of nitrogens with one attached hydrogen (secondary N) is 1.